The van der Waals surface area contributed by atoms with Gasteiger partial charge in [-0.15, -0.1) is 11.3 Å². The molecule has 0 aliphatic carbocycles. The van der Waals surface area contributed by atoms with Crippen LogP contribution >= 0.6 is 27.3 Å². The first-order chi connectivity index (χ1) is 12.2. The predicted octanol–water partition coefficient (Wildman–Crippen LogP) is 4.46. The Kier molecular flexibility index (Phi) is 4.72. The Morgan fingerprint density at radius 2 is 2.00 bits per heavy atom. The van der Waals surface area contributed by atoms with Gasteiger partial charge in [-0.3, -0.25) is 4.79 Å². The van der Waals surface area contributed by atoms with Gasteiger partial charge in [-0.1, -0.05) is 24.3 Å². The van der Waals surface area contributed by atoms with Gasteiger partial charge in [0.1, 0.15) is 10.7 Å². The lowest BCUT2D eigenvalue weighted by atomic mass is 10.0. The van der Waals surface area contributed by atoms with E-state index in [-0.39, 0.29) is 11.9 Å². The third kappa shape index (κ3) is 3.41. The molecular formula is C19H18BrN3OS. The maximum Gasteiger partial charge on any atom is 0.262 e. The van der Waals surface area contributed by atoms with Gasteiger partial charge in [0.2, 0.25) is 0 Å². The molecule has 0 bridgehead atoms. The summed E-state index contributed by atoms with van der Waals surface area (Å²) in [5, 5.41) is 7.49. The largest absolute Gasteiger partial charge is 0.356 e. The summed E-state index contributed by atoms with van der Waals surface area (Å²) in [6, 6.07) is 12.5. The Bertz CT molecular complexity index is 897. The SMILES string of the molecule is O=C(NC1CCN(c2nccc3ccccc23)CC1)c1sccc1Br. The summed E-state index contributed by atoms with van der Waals surface area (Å²) in [6.07, 6.45) is 3.74. The zero-order valence-electron chi connectivity index (χ0n) is 13.6. The second-order valence-electron chi connectivity index (χ2n) is 6.19. The summed E-state index contributed by atoms with van der Waals surface area (Å²) in [5.74, 6) is 1.06. The number of rotatable bonds is 3. The van der Waals surface area contributed by atoms with E-state index in [1.165, 1.54) is 22.1 Å². The van der Waals surface area contributed by atoms with Crippen LogP contribution < -0.4 is 10.2 Å². The molecule has 1 N–H and O–H groups in total. The molecule has 0 spiro atoms. The highest BCUT2D eigenvalue weighted by atomic mass is 79.9. The average Bonchev–Trinajstić information content (AvgIpc) is 3.08. The van der Waals surface area contributed by atoms with Crippen molar-refractivity contribution in [2.45, 2.75) is 18.9 Å². The van der Waals surface area contributed by atoms with Crippen LogP contribution in [0.5, 0.6) is 0 Å². The molecule has 128 valence electrons. The fraction of sp³-hybridized carbons (Fsp3) is 0.263. The van der Waals surface area contributed by atoms with E-state index in [1.807, 2.05) is 23.7 Å². The topological polar surface area (TPSA) is 45.2 Å². The molecule has 0 atom stereocenters. The molecule has 1 aromatic carbocycles. The number of hydrogen-bond donors (Lipinski definition) is 1. The molecule has 1 aliphatic rings. The van der Waals surface area contributed by atoms with Gasteiger partial charge in [0.05, 0.1) is 0 Å². The molecule has 0 saturated carbocycles. The van der Waals surface area contributed by atoms with Crippen molar-refractivity contribution in [2.75, 3.05) is 18.0 Å². The second-order valence-corrected chi connectivity index (χ2v) is 7.96. The zero-order valence-corrected chi connectivity index (χ0v) is 16.0. The van der Waals surface area contributed by atoms with E-state index in [0.717, 1.165) is 41.1 Å². The third-order valence-corrected chi connectivity index (χ3v) is 6.44. The first-order valence-electron chi connectivity index (χ1n) is 8.35. The molecule has 6 heteroatoms. The van der Waals surface area contributed by atoms with Crippen molar-refractivity contribution in [2.24, 2.45) is 0 Å². The molecule has 1 aliphatic heterocycles. The Morgan fingerprint density at radius 3 is 2.76 bits per heavy atom. The van der Waals surface area contributed by atoms with Gasteiger partial charge in [0.15, 0.2) is 0 Å². The first kappa shape index (κ1) is 16.5. The lowest BCUT2D eigenvalue weighted by Crippen LogP contribution is -2.44. The Balaban J connectivity index is 1.43. The van der Waals surface area contributed by atoms with E-state index in [1.54, 1.807) is 0 Å². The quantitative estimate of drug-likeness (QED) is 0.686. The maximum atomic E-state index is 12.4. The second kappa shape index (κ2) is 7.14. The highest BCUT2D eigenvalue weighted by Gasteiger charge is 2.23. The van der Waals surface area contributed by atoms with Crippen molar-refractivity contribution >= 4 is 49.8 Å². The van der Waals surface area contributed by atoms with E-state index in [2.05, 4.69) is 55.4 Å². The van der Waals surface area contributed by atoms with Crippen LogP contribution in [0.1, 0.15) is 22.5 Å². The van der Waals surface area contributed by atoms with Crippen molar-refractivity contribution in [1.29, 1.82) is 0 Å². The highest BCUT2D eigenvalue weighted by Crippen LogP contribution is 2.27. The van der Waals surface area contributed by atoms with Crippen LogP contribution in [0.3, 0.4) is 0 Å². The number of carbonyl (C=O) groups excluding carboxylic acids is 1. The third-order valence-electron chi connectivity index (χ3n) is 4.61. The van der Waals surface area contributed by atoms with Crippen LogP contribution in [0, 0.1) is 0 Å². The fourth-order valence-electron chi connectivity index (χ4n) is 3.30. The molecule has 0 radical (unpaired) electrons. The number of fused-ring (bicyclic) bond motifs is 1. The number of benzene rings is 1. The van der Waals surface area contributed by atoms with Gasteiger partial charge in [-0.25, -0.2) is 4.98 Å². The molecule has 2 aromatic heterocycles. The van der Waals surface area contributed by atoms with E-state index in [9.17, 15) is 4.79 Å². The number of halogens is 1. The van der Waals surface area contributed by atoms with Crippen molar-refractivity contribution in [1.82, 2.24) is 10.3 Å². The lowest BCUT2D eigenvalue weighted by molar-refractivity contribution is 0.0934. The van der Waals surface area contributed by atoms with Crippen molar-refractivity contribution in [3.8, 4) is 0 Å². The smallest absolute Gasteiger partial charge is 0.262 e. The van der Waals surface area contributed by atoms with E-state index in [4.69, 9.17) is 0 Å². The highest BCUT2D eigenvalue weighted by molar-refractivity contribution is 9.10. The molecule has 4 rings (SSSR count). The van der Waals surface area contributed by atoms with E-state index in [0.29, 0.717) is 0 Å². The summed E-state index contributed by atoms with van der Waals surface area (Å²) in [7, 11) is 0. The Hall–Kier alpha value is -1.92. The normalized spacial score (nSPS) is 15.5. The van der Waals surface area contributed by atoms with Crippen molar-refractivity contribution in [3.05, 3.63) is 57.3 Å². The number of piperidine rings is 1. The van der Waals surface area contributed by atoms with Crippen molar-refractivity contribution < 1.29 is 4.79 Å². The van der Waals surface area contributed by atoms with Gasteiger partial charge in [-0.2, -0.15) is 0 Å². The van der Waals surface area contributed by atoms with Crippen LogP contribution in [0.15, 0.2) is 52.4 Å². The van der Waals surface area contributed by atoms with Gasteiger partial charge >= 0.3 is 0 Å². The predicted molar refractivity (Wildman–Crippen MR) is 106 cm³/mol. The van der Waals surface area contributed by atoms with Crippen LogP contribution in [0.2, 0.25) is 0 Å². The molecule has 1 amide bonds. The van der Waals surface area contributed by atoms with Crippen LogP contribution in [-0.2, 0) is 0 Å². The lowest BCUT2D eigenvalue weighted by Gasteiger charge is -2.33. The number of nitrogens with zero attached hydrogens (tertiary/aromatic N) is 2. The number of carbonyl (C=O) groups is 1. The molecule has 3 heterocycles. The van der Waals surface area contributed by atoms with Gasteiger partial charge < -0.3 is 10.2 Å². The van der Waals surface area contributed by atoms with Crippen LogP contribution in [0.4, 0.5) is 5.82 Å². The van der Waals surface area contributed by atoms with Gasteiger partial charge in [-0.05, 0) is 51.7 Å². The average molecular weight is 416 g/mol. The monoisotopic (exact) mass is 415 g/mol. The molecule has 3 aromatic rings. The summed E-state index contributed by atoms with van der Waals surface area (Å²) >= 11 is 4.89. The summed E-state index contributed by atoms with van der Waals surface area (Å²) < 4.78 is 0.868. The minimum absolute atomic E-state index is 0.0172. The number of nitrogens with one attached hydrogen (secondary N) is 1. The first-order valence-corrected chi connectivity index (χ1v) is 10.0. The molecule has 0 unspecified atom stereocenters. The van der Waals surface area contributed by atoms with E-state index >= 15 is 0 Å². The number of thiophene rings is 1. The molecular weight excluding hydrogens is 398 g/mol. The molecule has 1 fully saturated rings. The number of amides is 1. The van der Waals surface area contributed by atoms with Crippen LogP contribution in [0.25, 0.3) is 10.8 Å². The Morgan fingerprint density at radius 1 is 1.20 bits per heavy atom. The van der Waals surface area contributed by atoms with Gasteiger partial charge in [0, 0.05) is 35.2 Å². The maximum absolute atomic E-state index is 12.4. The minimum Gasteiger partial charge on any atom is -0.356 e. The van der Waals surface area contributed by atoms with Crippen LogP contribution in [-0.4, -0.2) is 30.0 Å². The summed E-state index contributed by atoms with van der Waals surface area (Å²) in [5.41, 5.74) is 0. The summed E-state index contributed by atoms with van der Waals surface area (Å²) in [6.45, 7) is 1.80. The number of hydrogen-bond acceptors (Lipinski definition) is 4. The minimum atomic E-state index is 0.0172. The van der Waals surface area contributed by atoms with Crippen molar-refractivity contribution in [3.63, 3.8) is 0 Å². The molecule has 4 nitrogen and oxygen atoms in total. The zero-order chi connectivity index (χ0) is 17.2. The summed E-state index contributed by atoms with van der Waals surface area (Å²) in [4.78, 5) is 20.0. The van der Waals surface area contributed by atoms with E-state index < -0.39 is 0 Å². The molecule has 25 heavy (non-hydrogen) atoms. The Labute approximate surface area is 159 Å². The number of aromatic nitrogens is 1. The number of pyridine rings is 1. The fourth-order valence-corrected chi connectivity index (χ4v) is 4.75. The van der Waals surface area contributed by atoms with Gasteiger partial charge in [0.25, 0.3) is 5.91 Å². The standard InChI is InChI=1S/C19H18BrN3OS/c20-16-8-12-25-17(16)19(24)22-14-6-10-23(11-7-14)18-15-4-2-1-3-13(15)5-9-21-18/h1-5,8-9,12,14H,6-7,10-11H2,(H,22,24). The number of anilines is 1. The molecule has 1 saturated heterocycles.